The molecule has 1 amide bonds. The molecule has 1 saturated carbocycles. The summed E-state index contributed by atoms with van der Waals surface area (Å²) in [6.45, 7) is 4.71. The van der Waals surface area contributed by atoms with E-state index in [-0.39, 0.29) is 11.8 Å². The molecular formula is C13H26N2O. The Labute approximate surface area is 99.2 Å². The molecule has 3 N–H and O–H groups in total. The molecule has 0 aliphatic heterocycles. The first-order chi connectivity index (χ1) is 7.71. The normalized spacial score (nSPS) is 19.2. The van der Waals surface area contributed by atoms with Crippen LogP contribution in [0.15, 0.2) is 0 Å². The minimum atomic E-state index is 0.0123. The van der Waals surface area contributed by atoms with Gasteiger partial charge in [-0.15, -0.1) is 0 Å². The van der Waals surface area contributed by atoms with Crippen LogP contribution in [-0.2, 0) is 4.79 Å². The molecule has 2 unspecified atom stereocenters. The number of rotatable bonds is 8. The average Bonchev–Trinajstić information content (AvgIpc) is 3.08. The molecule has 94 valence electrons. The Bertz CT molecular complexity index is 214. The molecule has 3 heteroatoms. The van der Waals surface area contributed by atoms with Crippen molar-refractivity contribution in [2.24, 2.45) is 17.6 Å². The molecule has 0 saturated heterocycles. The lowest BCUT2D eigenvalue weighted by Gasteiger charge is -2.20. The van der Waals surface area contributed by atoms with E-state index in [4.69, 9.17) is 5.73 Å². The van der Waals surface area contributed by atoms with Crippen LogP contribution in [0.5, 0.6) is 0 Å². The van der Waals surface area contributed by atoms with Gasteiger partial charge in [-0.2, -0.15) is 0 Å². The van der Waals surface area contributed by atoms with Gasteiger partial charge in [-0.3, -0.25) is 4.79 Å². The Morgan fingerprint density at radius 2 is 2.12 bits per heavy atom. The Morgan fingerprint density at radius 1 is 1.44 bits per heavy atom. The molecule has 0 aromatic carbocycles. The monoisotopic (exact) mass is 226 g/mol. The van der Waals surface area contributed by atoms with Crippen LogP contribution in [0.2, 0.25) is 0 Å². The van der Waals surface area contributed by atoms with Gasteiger partial charge < -0.3 is 11.1 Å². The van der Waals surface area contributed by atoms with Gasteiger partial charge in [0.25, 0.3) is 0 Å². The predicted molar refractivity (Wildman–Crippen MR) is 67.0 cm³/mol. The van der Waals surface area contributed by atoms with Crippen LogP contribution in [0.25, 0.3) is 0 Å². The van der Waals surface area contributed by atoms with Crippen molar-refractivity contribution in [3.63, 3.8) is 0 Å². The lowest BCUT2D eigenvalue weighted by molar-refractivity contribution is -0.125. The second-order valence-electron chi connectivity index (χ2n) is 5.01. The third-order valence-electron chi connectivity index (χ3n) is 3.45. The number of amides is 1. The van der Waals surface area contributed by atoms with Crippen molar-refractivity contribution in [2.75, 3.05) is 6.54 Å². The van der Waals surface area contributed by atoms with Gasteiger partial charge in [0.15, 0.2) is 0 Å². The largest absolute Gasteiger partial charge is 0.353 e. The van der Waals surface area contributed by atoms with E-state index in [0.29, 0.717) is 12.6 Å². The first kappa shape index (κ1) is 13.5. The maximum absolute atomic E-state index is 11.9. The molecule has 1 fully saturated rings. The Morgan fingerprint density at radius 3 is 2.56 bits per heavy atom. The summed E-state index contributed by atoms with van der Waals surface area (Å²) in [5, 5.41) is 3.15. The molecule has 16 heavy (non-hydrogen) atoms. The van der Waals surface area contributed by atoms with Gasteiger partial charge in [-0.05, 0) is 25.2 Å². The summed E-state index contributed by atoms with van der Waals surface area (Å²) in [6, 6.07) is 0.367. The zero-order valence-corrected chi connectivity index (χ0v) is 10.7. The third-order valence-corrected chi connectivity index (χ3v) is 3.45. The molecule has 2 atom stereocenters. The number of hydrogen-bond acceptors (Lipinski definition) is 2. The van der Waals surface area contributed by atoms with Crippen molar-refractivity contribution in [3.05, 3.63) is 0 Å². The van der Waals surface area contributed by atoms with E-state index in [9.17, 15) is 4.79 Å². The van der Waals surface area contributed by atoms with E-state index in [1.165, 1.54) is 12.8 Å². The highest BCUT2D eigenvalue weighted by atomic mass is 16.1. The zero-order chi connectivity index (χ0) is 12.0. The molecule has 0 aromatic heterocycles. The molecule has 0 radical (unpaired) electrons. The summed E-state index contributed by atoms with van der Waals surface area (Å²) in [5.41, 5.74) is 5.63. The van der Waals surface area contributed by atoms with Crippen LogP contribution in [0, 0.1) is 11.8 Å². The van der Waals surface area contributed by atoms with E-state index in [1.807, 2.05) is 0 Å². The minimum absolute atomic E-state index is 0.0123. The van der Waals surface area contributed by atoms with E-state index in [0.717, 1.165) is 31.6 Å². The fraction of sp³-hybridized carbons (Fsp3) is 0.923. The number of carbonyl (C=O) groups excluding carboxylic acids is 1. The minimum Gasteiger partial charge on any atom is -0.353 e. The Hall–Kier alpha value is -0.570. The lowest BCUT2D eigenvalue weighted by atomic mass is 10.0. The summed E-state index contributed by atoms with van der Waals surface area (Å²) in [4.78, 5) is 11.9. The molecular weight excluding hydrogens is 200 g/mol. The number of nitrogens with two attached hydrogens (primary N) is 1. The second-order valence-corrected chi connectivity index (χ2v) is 5.01. The van der Waals surface area contributed by atoms with Gasteiger partial charge in [0.1, 0.15) is 0 Å². The van der Waals surface area contributed by atoms with Crippen molar-refractivity contribution in [1.82, 2.24) is 5.32 Å². The molecule has 0 bridgehead atoms. The molecule has 0 heterocycles. The molecule has 0 spiro atoms. The summed E-state index contributed by atoms with van der Waals surface area (Å²) in [7, 11) is 0. The van der Waals surface area contributed by atoms with Crippen molar-refractivity contribution < 1.29 is 4.79 Å². The van der Waals surface area contributed by atoms with E-state index in [1.54, 1.807) is 0 Å². The van der Waals surface area contributed by atoms with Gasteiger partial charge in [0, 0.05) is 12.6 Å². The van der Waals surface area contributed by atoms with Crippen LogP contribution in [-0.4, -0.2) is 18.5 Å². The number of carbonyl (C=O) groups is 1. The third kappa shape index (κ3) is 4.52. The summed E-state index contributed by atoms with van der Waals surface area (Å²) in [5.74, 6) is 1.04. The smallest absolute Gasteiger partial charge is 0.224 e. The lowest BCUT2D eigenvalue weighted by Crippen LogP contribution is -2.41. The first-order valence-electron chi connectivity index (χ1n) is 6.71. The van der Waals surface area contributed by atoms with Gasteiger partial charge in [-0.25, -0.2) is 0 Å². The molecule has 0 aromatic rings. The van der Waals surface area contributed by atoms with Crippen LogP contribution in [0.3, 0.4) is 0 Å². The molecule has 1 aliphatic carbocycles. The van der Waals surface area contributed by atoms with Crippen molar-refractivity contribution in [3.8, 4) is 0 Å². The van der Waals surface area contributed by atoms with Gasteiger partial charge >= 0.3 is 0 Å². The standard InChI is InChI=1S/C13H26N2O/c1-3-5-11(9-14)13(16)15-12(4-2)8-10-6-7-10/h10-12H,3-9,14H2,1-2H3,(H,15,16). The van der Waals surface area contributed by atoms with Crippen LogP contribution in [0.4, 0.5) is 0 Å². The highest BCUT2D eigenvalue weighted by Crippen LogP contribution is 2.34. The second kappa shape index (κ2) is 6.89. The van der Waals surface area contributed by atoms with Gasteiger partial charge in [-0.1, -0.05) is 33.1 Å². The van der Waals surface area contributed by atoms with Crippen LogP contribution >= 0.6 is 0 Å². The maximum atomic E-state index is 11.9. The summed E-state index contributed by atoms with van der Waals surface area (Å²) < 4.78 is 0. The molecule has 1 rings (SSSR count). The number of hydrogen-bond donors (Lipinski definition) is 2. The van der Waals surface area contributed by atoms with Gasteiger partial charge in [0.05, 0.1) is 5.92 Å². The van der Waals surface area contributed by atoms with Gasteiger partial charge in [0.2, 0.25) is 5.91 Å². The van der Waals surface area contributed by atoms with Crippen molar-refractivity contribution in [1.29, 1.82) is 0 Å². The fourth-order valence-electron chi connectivity index (χ4n) is 2.11. The predicted octanol–water partition coefficient (Wildman–Crippen LogP) is 2.06. The average molecular weight is 226 g/mol. The SMILES string of the molecule is CCCC(CN)C(=O)NC(CC)CC1CC1. The summed E-state index contributed by atoms with van der Waals surface area (Å²) >= 11 is 0. The topological polar surface area (TPSA) is 55.1 Å². The Kier molecular flexibility index (Phi) is 5.81. The van der Waals surface area contributed by atoms with E-state index < -0.39 is 0 Å². The first-order valence-corrected chi connectivity index (χ1v) is 6.71. The van der Waals surface area contributed by atoms with Crippen molar-refractivity contribution >= 4 is 5.91 Å². The maximum Gasteiger partial charge on any atom is 0.224 e. The van der Waals surface area contributed by atoms with E-state index in [2.05, 4.69) is 19.2 Å². The number of nitrogens with one attached hydrogen (secondary N) is 1. The highest BCUT2D eigenvalue weighted by molar-refractivity contribution is 5.79. The van der Waals surface area contributed by atoms with Crippen LogP contribution < -0.4 is 11.1 Å². The summed E-state index contributed by atoms with van der Waals surface area (Å²) in [6.07, 6.45) is 6.82. The van der Waals surface area contributed by atoms with Crippen LogP contribution in [0.1, 0.15) is 52.4 Å². The Balaban J connectivity index is 2.32. The van der Waals surface area contributed by atoms with E-state index >= 15 is 0 Å². The quantitative estimate of drug-likeness (QED) is 0.665. The highest BCUT2D eigenvalue weighted by Gasteiger charge is 2.26. The van der Waals surface area contributed by atoms with Crippen molar-refractivity contribution in [2.45, 2.75) is 58.4 Å². The molecule has 1 aliphatic rings. The fourth-order valence-corrected chi connectivity index (χ4v) is 2.11. The zero-order valence-electron chi connectivity index (χ0n) is 10.7. The molecule has 3 nitrogen and oxygen atoms in total.